The zero-order valence-electron chi connectivity index (χ0n) is 19.5. The molecule has 0 unspecified atom stereocenters. The van der Waals surface area contributed by atoms with E-state index < -0.39 is 0 Å². The molecule has 3 aromatic rings. The molecule has 0 N–H and O–H groups in total. The summed E-state index contributed by atoms with van der Waals surface area (Å²) < 4.78 is 6.24. The summed E-state index contributed by atoms with van der Waals surface area (Å²) >= 11 is 0. The molecule has 4 rings (SSSR count). The van der Waals surface area contributed by atoms with Gasteiger partial charge in [-0.05, 0) is 66.3 Å². The molecule has 0 atom stereocenters. The fourth-order valence-electron chi connectivity index (χ4n) is 3.68. The van der Waals surface area contributed by atoms with E-state index in [9.17, 15) is 5.26 Å². The zero-order chi connectivity index (χ0) is 24.1. The van der Waals surface area contributed by atoms with Gasteiger partial charge in [0.15, 0.2) is 0 Å². The first kappa shape index (κ1) is 22.6. The Morgan fingerprint density at radius 1 is 0.824 bits per heavy atom. The van der Waals surface area contributed by atoms with Crippen LogP contribution in [0.3, 0.4) is 0 Å². The van der Waals surface area contributed by atoms with Gasteiger partial charge in [0.25, 0.3) is 5.70 Å². The minimum absolute atomic E-state index is 0.0542. The van der Waals surface area contributed by atoms with Crippen molar-refractivity contribution in [3.8, 4) is 6.07 Å². The Morgan fingerprint density at radius 3 is 1.82 bits per heavy atom. The van der Waals surface area contributed by atoms with Crippen molar-refractivity contribution < 1.29 is 4.74 Å². The quantitative estimate of drug-likeness (QED) is 0.302. The molecule has 4 heteroatoms. The van der Waals surface area contributed by atoms with Crippen LogP contribution in [0, 0.1) is 23.3 Å². The number of rotatable bonds is 4. The van der Waals surface area contributed by atoms with E-state index in [0.717, 1.165) is 28.4 Å². The summed E-state index contributed by atoms with van der Waals surface area (Å²) in [6.07, 6.45) is 3.56. The molecule has 1 aliphatic rings. The summed E-state index contributed by atoms with van der Waals surface area (Å²) in [5.74, 6) is 1.34. The van der Waals surface area contributed by atoms with E-state index in [4.69, 9.17) is 11.3 Å². The van der Waals surface area contributed by atoms with Crippen molar-refractivity contribution in [1.82, 2.24) is 0 Å². The van der Waals surface area contributed by atoms with Gasteiger partial charge >= 0.3 is 0 Å². The Labute approximate surface area is 201 Å². The van der Waals surface area contributed by atoms with Crippen molar-refractivity contribution in [2.45, 2.75) is 20.8 Å². The molecule has 0 saturated carbocycles. The predicted molar refractivity (Wildman–Crippen MR) is 137 cm³/mol. The second-order valence-corrected chi connectivity index (χ2v) is 8.95. The minimum Gasteiger partial charge on any atom is -0.461 e. The number of benzene rings is 3. The lowest BCUT2D eigenvalue weighted by Gasteiger charge is -2.28. The van der Waals surface area contributed by atoms with Crippen molar-refractivity contribution in [3.63, 3.8) is 0 Å². The third-order valence-electron chi connectivity index (χ3n) is 5.46. The van der Waals surface area contributed by atoms with Crippen molar-refractivity contribution >= 4 is 22.8 Å². The van der Waals surface area contributed by atoms with Crippen LogP contribution in [0.25, 0.3) is 10.6 Å². The largest absolute Gasteiger partial charge is 0.461 e. The maximum atomic E-state index is 9.41. The van der Waals surface area contributed by atoms with Crippen LogP contribution in [-0.2, 0) is 4.74 Å². The SMILES string of the molecule is [C-]#[N+]/C(C#N)=C1\C=C(c2ccc(N(c3ccccc3)c3ccccc3)cc2)OC(C(C)(C)C)=C1. The maximum absolute atomic E-state index is 9.41. The highest BCUT2D eigenvalue weighted by molar-refractivity contribution is 5.78. The lowest BCUT2D eigenvalue weighted by atomic mass is 9.90. The molecule has 166 valence electrons. The van der Waals surface area contributed by atoms with Crippen LogP contribution in [0.2, 0.25) is 0 Å². The van der Waals surface area contributed by atoms with E-state index in [1.54, 1.807) is 12.2 Å². The fraction of sp³-hybridized carbons (Fsp3) is 0.133. The molecule has 0 radical (unpaired) electrons. The molecular formula is C30H25N3O. The van der Waals surface area contributed by atoms with Gasteiger partial charge in [0.2, 0.25) is 0 Å². The van der Waals surface area contributed by atoms with Crippen LogP contribution < -0.4 is 4.90 Å². The molecule has 0 bridgehead atoms. The number of para-hydroxylation sites is 2. The summed E-state index contributed by atoms with van der Waals surface area (Å²) in [6.45, 7) is 13.5. The highest BCUT2D eigenvalue weighted by Gasteiger charge is 2.25. The van der Waals surface area contributed by atoms with Crippen molar-refractivity contribution in [2.75, 3.05) is 4.90 Å². The number of ether oxygens (including phenoxy) is 1. The van der Waals surface area contributed by atoms with E-state index in [1.807, 2.05) is 75.4 Å². The number of hydrogen-bond acceptors (Lipinski definition) is 3. The molecule has 0 saturated heterocycles. The molecule has 0 fully saturated rings. The molecule has 34 heavy (non-hydrogen) atoms. The van der Waals surface area contributed by atoms with Gasteiger partial charge in [-0.3, -0.25) is 0 Å². The summed E-state index contributed by atoms with van der Waals surface area (Å²) in [5.41, 5.74) is 4.37. The molecule has 0 spiro atoms. The predicted octanol–water partition coefficient (Wildman–Crippen LogP) is 8.15. The summed E-state index contributed by atoms with van der Waals surface area (Å²) in [5, 5.41) is 9.41. The molecule has 0 aromatic heterocycles. The van der Waals surface area contributed by atoms with Crippen LogP contribution in [0.15, 0.2) is 114 Å². The molecule has 0 aliphatic carbocycles. The standard InChI is InChI=1S/C30H25N3O/c1-30(2,3)29-20-23(27(21-31)32-4)19-28(34-29)22-15-17-26(18-16-22)33(24-11-7-5-8-12-24)25-13-9-6-10-14-25/h5-20H,1-3H3/b27-23+. The topological polar surface area (TPSA) is 40.6 Å². The van der Waals surface area contributed by atoms with Crippen molar-refractivity contribution in [2.24, 2.45) is 5.41 Å². The number of hydrogen-bond donors (Lipinski definition) is 0. The monoisotopic (exact) mass is 443 g/mol. The van der Waals surface area contributed by atoms with Crippen LogP contribution in [-0.4, -0.2) is 0 Å². The van der Waals surface area contributed by atoms with Gasteiger partial charge in [0.05, 0.1) is 12.6 Å². The highest BCUT2D eigenvalue weighted by atomic mass is 16.5. The Hall–Kier alpha value is -4.54. The normalized spacial score (nSPS) is 14.6. The average Bonchev–Trinajstić information content (AvgIpc) is 2.86. The minimum atomic E-state index is -0.273. The van der Waals surface area contributed by atoms with Crippen LogP contribution in [0.5, 0.6) is 0 Å². The molecule has 0 amide bonds. The van der Waals surface area contributed by atoms with E-state index >= 15 is 0 Å². The molecule has 3 aromatic carbocycles. The highest BCUT2D eigenvalue weighted by Crippen LogP contribution is 2.39. The smallest absolute Gasteiger partial charge is 0.269 e. The van der Waals surface area contributed by atoms with Gasteiger partial charge in [-0.2, -0.15) is 0 Å². The first-order valence-corrected chi connectivity index (χ1v) is 11.0. The molecule has 1 heterocycles. The Balaban J connectivity index is 1.75. The first-order valence-electron chi connectivity index (χ1n) is 11.0. The second-order valence-electron chi connectivity index (χ2n) is 8.95. The number of nitrogens with zero attached hydrogens (tertiary/aromatic N) is 3. The fourth-order valence-corrected chi connectivity index (χ4v) is 3.68. The number of allylic oxidation sites excluding steroid dienone is 5. The Kier molecular flexibility index (Phi) is 6.35. The Morgan fingerprint density at radius 2 is 1.35 bits per heavy atom. The second kappa shape index (κ2) is 9.53. The van der Waals surface area contributed by atoms with Crippen LogP contribution in [0.1, 0.15) is 26.3 Å². The lowest BCUT2D eigenvalue weighted by molar-refractivity contribution is 0.262. The van der Waals surface area contributed by atoms with Gasteiger partial charge in [0.1, 0.15) is 11.5 Å². The first-order chi connectivity index (χ1) is 16.4. The maximum Gasteiger partial charge on any atom is 0.269 e. The number of anilines is 3. The third-order valence-corrected chi connectivity index (χ3v) is 5.46. The lowest BCUT2D eigenvalue weighted by Crippen LogP contribution is -2.15. The zero-order valence-corrected chi connectivity index (χ0v) is 19.5. The van der Waals surface area contributed by atoms with Gasteiger partial charge in [0, 0.05) is 28.0 Å². The average molecular weight is 444 g/mol. The van der Waals surface area contributed by atoms with E-state index in [1.165, 1.54) is 0 Å². The van der Waals surface area contributed by atoms with E-state index in [0.29, 0.717) is 11.3 Å². The third kappa shape index (κ3) is 4.77. The van der Waals surface area contributed by atoms with Gasteiger partial charge in [-0.1, -0.05) is 57.2 Å². The van der Waals surface area contributed by atoms with Gasteiger partial charge < -0.3 is 9.64 Å². The van der Waals surface area contributed by atoms with E-state index in [-0.39, 0.29) is 11.1 Å². The van der Waals surface area contributed by atoms with Crippen LogP contribution in [0.4, 0.5) is 17.1 Å². The van der Waals surface area contributed by atoms with Crippen molar-refractivity contribution in [1.29, 1.82) is 5.26 Å². The molecule has 4 nitrogen and oxygen atoms in total. The van der Waals surface area contributed by atoms with Gasteiger partial charge in [-0.15, -0.1) is 0 Å². The van der Waals surface area contributed by atoms with E-state index in [2.05, 4.69) is 46.1 Å². The Bertz CT molecular complexity index is 1290. The van der Waals surface area contributed by atoms with Crippen LogP contribution >= 0.6 is 0 Å². The van der Waals surface area contributed by atoms with Crippen molar-refractivity contribution in [3.05, 3.63) is 131 Å². The summed E-state index contributed by atoms with van der Waals surface area (Å²) in [7, 11) is 0. The summed E-state index contributed by atoms with van der Waals surface area (Å²) in [4.78, 5) is 5.59. The number of nitriles is 1. The molecule has 1 aliphatic heterocycles. The summed E-state index contributed by atoms with van der Waals surface area (Å²) in [6, 6.07) is 30.6. The van der Waals surface area contributed by atoms with Gasteiger partial charge in [-0.25, -0.2) is 10.1 Å². The molecular weight excluding hydrogens is 418 g/mol.